The Morgan fingerprint density at radius 1 is 0.968 bits per heavy atom. The highest BCUT2D eigenvalue weighted by Gasteiger charge is 2.37. The predicted molar refractivity (Wildman–Crippen MR) is 111 cm³/mol. The fraction of sp³-hybridized carbons (Fsp3) is 0.227. The van der Waals surface area contributed by atoms with Gasteiger partial charge in [-0.15, -0.1) is 0 Å². The van der Waals surface area contributed by atoms with E-state index in [1.165, 1.54) is 30.5 Å². The summed E-state index contributed by atoms with van der Waals surface area (Å²) in [7, 11) is 0. The second-order valence-corrected chi connectivity index (χ2v) is 7.09. The first kappa shape index (κ1) is 19.4. The summed E-state index contributed by atoms with van der Waals surface area (Å²) in [6.07, 6.45) is 3.12. The molecule has 1 aliphatic rings. The van der Waals surface area contributed by atoms with Crippen LogP contribution in [-0.2, 0) is 10.7 Å². The van der Waals surface area contributed by atoms with Crippen molar-refractivity contribution >= 4 is 16.9 Å². The van der Waals surface area contributed by atoms with Gasteiger partial charge >= 0.3 is 5.92 Å². The number of alkyl halides is 2. The van der Waals surface area contributed by atoms with Crippen molar-refractivity contribution in [3.8, 4) is 11.6 Å². The summed E-state index contributed by atoms with van der Waals surface area (Å²) in [5.41, 5.74) is 0.872. The van der Waals surface area contributed by atoms with E-state index in [4.69, 9.17) is 9.47 Å². The molecule has 31 heavy (non-hydrogen) atoms. The minimum atomic E-state index is -3.27. The van der Waals surface area contributed by atoms with E-state index in [0.29, 0.717) is 54.8 Å². The van der Waals surface area contributed by atoms with E-state index in [2.05, 4.69) is 19.9 Å². The molecule has 2 aromatic heterocycles. The highest BCUT2D eigenvalue weighted by molar-refractivity contribution is 5.75. The van der Waals surface area contributed by atoms with Crippen molar-refractivity contribution in [3.63, 3.8) is 0 Å². The monoisotopic (exact) mass is 423 g/mol. The van der Waals surface area contributed by atoms with E-state index in [9.17, 15) is 0 Å². The van der Waals surface area contributed by atoms with Crippen molar-refractivity contribution in [2.24, 2.45) is 0 Å². The number of halogens is 2. The average Bonchev–Trinajstić information content (AvgIpc) is 3.26. The van der Waals surface area contributed by atoms with Gasteiger partial charge in [-0.25, -0.2) is 15.0 Å². The van der Waals surface area contributed by atoms with Gasteiger partial charge in [0.25, 0.3) is 5.88 Å². The summed E-state index contributed by atoms with van der Waals surface area (Å²) in [6.45, 7) is 2.55. The first-order chi connectivity index (χ1) is 15.1. The Morgan fingerprint density at radius 3 is 2.48 bits per heavy atom. The number of H-pyrrole nitrogens is 1. The number of fused-ring (bicyclic) bond motifs is 1. The molecule has 0 bridgehead atoms. The molecular weight excluding hydrogens is 404 g/mol. The molecule has 0 radical (unpaired) electrons. The number of nitrogens with one attached hydrogen (secondary N) is 1. The molecule has 1 aliphatic heterocycles. The third-order valence-corrected chi connectivity index (χ3v) is 5.08. The molecule has 5 rings (SSSR count). The van der Waals surface area contributed by atoms with Gasteiger partial charge in [-0.2, -0.15) is 8.78 Å². The molecular formula is C22H19F2N5O2. The Hall–Kier alpha value is -3.59. The molecule has 0 saturated carbocycles. The average molecular weight is 423 g/mol. The molecule has 0 aliphatic carbocycles. The van der Waals surface area contributed by atoms with Crippen LogP contribution in [0.3, 0.4) is 0 Å². The predicted octanol–water partition coefficient (Wildman–Crippen LogP) is 4.12. The molecule has 0 unspecified atom stereocenters. The van der Waals surface area contributed by atoms with Crippen LogP contribution in [0.4, 0.5) is 14.6 Å². The number of ether oxygens (including phenoxy) is 2. The highest BCUT2D eigenvalue weighted by atomic mass is 19.3. The summed E-state index contributed by atoms with van der Waals surface area (Å²) in [4.78, 5) is 17.4. The molecule has 1 saturated heterocycles. The Balaban J connectivity index is 1.38. The van der Waals surface area contributed by atoms with Gasteiger partial charge in [0.2, 0.25) is 0 Å². The second-order valence-electron chi connectivity index (χ2n) is 7.09. The third-order valence-electron chi connectivity index (χ3n) is 5.08. The maximum Gasteiger partial charge on any atom is 0.329 e. The van der Waals surface area contributed by atoms with Crippen molar-refractivity contribution < 1.29 is 18.3 Å². The zero-order chi connectivity index (χ0) is 21.3. The van der Waals surface area contributed by atoms with Crippen molar-refractivity contribution in [2.45, 2.75) is 5.92 Å². The number of benzene rings is 2. The first-order valence-electron chi connectivity index (χ1n) is 9.86. The van der Waals surface area contributed by atoms with E-state index in [-0.39, 0.29) is 5.56 Å². The van der Waals surface area contributed by atoms with Crippen LogP contribution < -0.4 is 9.64 Å². The van der Waals surface area contributed by atoms with Crippen molar-refractivity contribution in [3.05, 3.63) is 72.3 Å². The van der Waals surface area contributed by atoms with Crippen LogP contribution in [0, 0.1) is 0 Å². The van der Waals surface area contributed by atoms with E-state index >= 15 is 8.78 Å². The minimum Gasteiger partial charge on any atom is -0.436 e. The Labute approximate surface area is 176 Å². The standard InChI is InChI=1S/C22H19F2N5O2/c23-22(24,21-27-17-3-1-2-4-18(17)28-21)15-5-7-16(8-6-15)31-20-19(25-9-10-26-20)29-11-13-30-14-12-29/h1-10H,11-14H2,(H,27,28). The molecule has 3 heterocycles. The number of para-hydroxylation sites is 2. The smallest absolute Gasteiger partial charge is 0.329 e. The van der Waals surface area contributed by atoms with Crippen molar-refractivity contribution in [1.82, 2.24) is 19.9 Å². The lowest BCUT2D eigenvalue weighted by atomic mass is 10.1. The van der Waals surface area contributed by atoms with Crippen LogP contribution in [-0.4, -0.2) is 46.2 Å². The molecule has 2 aromatic carbocycles. The topological polar surface area (TPSA) is 76.2 Å². The largest absolute Gasteiger partial charge is 0.436 e. The number of aromatic nitrogens is 4. The normalized spacial score (nSPS) is 14.7. The van der Waals surface area contributed by atoms with Gasteiger partial charge in [-0.3, -0.25) is 0 Å². The van der Waals surface area contributed by atoms with Crippen LogP contribution in [0.2, 0.25) is 0 Å². The van der Waals surface area contributed by atoms with Crippen LogP contribution in [0.1, 0.15) is 11.4 Å². The van der Waals surface area contributed by atoms with E-state index in [1.54, 1.807) is 30.5 Å². The molecule has 0 amide bonds. The van der Waals surface area contributed by atoms with Crippen LogP contribution in [0.5, 0.6) is 11.6 Å². The lowest BCUT2D eigenvalue weighted by Crippen LogP contribution is -2.37. The molecule has 158 valence electrons. The third kappa shape index (κ3) is 3.79. The van der Waals surface area contributed by atoms with Crippen molar-refractivity contribution in [1.29, 1.82) is 0 Å². The quantitative estimate of drug-likeness (QED) is 0.520. The van der Waals surface area contributed by atoms with Crippen molar-refractivity contribution in [2.75, 3.05) is 31.2 Å². The van der Waals surface area contributed by atoms with Crippen LogP contribution in [0.25, 0.3) is 11.0 Å². The fourth-order valence-electron chi connectivity index (χ4n) is 3.46. The number of nitrogens with zero attached hydrogens (tertiary/aromatic N) is 4. The Morgan fingerprint density at radius 2 is 1.71 bits per heavy atom. The summed E-state index contributed by atoms with van der Waals surface area (Å²) < 4.78 is 41.3. The lowest BCUT2D eigenvalue weighted by molar-refractivity contribution is 0.0340. The van der Waals surface area contributed by atoms with E-state index in [1.807, 2.05) is 4.90 Å². The lowest BCUT2D eigenvalue weighted by Gasteiger charge is -2.28. The molecule has 0 spiro atoms. The maximum absolute atomic E-state index is 15.0. The molecule has 7 nitrogen and oxygen atoms in total. The highest BCUT2D eigenvalue weighted by Crippen LogP contribution is 2.36. The summed E-state index contributed by atoms with van der Waals surface area (Å²) in [6, 6.07) is 12.6. The van der Waals surface area contributed by atoms with Gasteiger partial charge in [-0.1, -0.05) is 12.1 Å². The van der Waals surface area contributed by atoms with Gasteiger partial charge in [0.1, 0.15) is 5.75 Å². The first-order valence-corrected chi connectivity index (χ1v) is 9.86. The minimum absolute atomic E-state index is 0.188. The van der Waals surface area contributed by atoms with Crippen LogP contribution in [0.15, 0.2) is 60.9 Å². The molecule has 4 aromatic rings. The van der Waals surface area contributed by atoms with Gasteiger partial charge < -0.3 is 19.4 Å². The number of rotatable bonds is 5. The number of anilines is 1. The summed E-state index contributed by atoms with van der Waals surface area (Å²) in [5.74, 6) is -2.36. The van der Waals surface area contributed by atoms with E-state index in [0.717, 1.165) is 0 Å². The molecule has 1 N–H and O–H groups in total. The Bertz CT molecular complexity index is 1160. The van der Waals surface area contributed by atoms with Gasteiger partial charge in [0.05, 0.1) is 24.2 Å². The van der Waals surface area contributed by atoms with E-state index < -0.39 is 11.7 Å². The number of morpholine rings is 1. The van der Waals surface area contributed by atoms with Gasteiger partial charge in [0, 0.05) is 31.0 Å². The summed E-state index contributed by atoms with van der Waals surface area (Å²) in [5, 5.41) is 0. The zero-order valence-electron chi connectivity index (χ0n) is 16.5. The number of aromatic amines is 1. The molecule has 1 fully saturated rings. The number of hydrogen-bond acceptors (Lipinski definition) is 6. The maximum atomic E-state index is 15.0. The molecule has 0 atom stereocenters. The van der Waals surface area contributed by atoms with Gasteiger partial charge in [-0.05, 0) is 36.4 Å². The summed E-state index contributed by atoms with van der Waals surface area (Å²) >= 11 is 0. The number of imidazole rings is 1. The number of hydrogen-bond donors (Lipinski definition) is 1. The van der Waals surface area contributed by atoms with Gasteiger partial charge in [0.15, 0.2) is 11.6 Å². The zero-order valence-corrected chi connectivity index (χ0v) is 16.5. The fourth-order valence-corrected chi connectivity index (χ4v) is 3.46. The van der Waals surface area contributed by atoms with Crippen LogP contribution >= 0.6 is 0 Å². The second kappa shape index (κ2) is 7.92. The molecule has 9 heteroatoms. The SMILES string of the molecule is FC(F)(c1ccc(Oc2nccnc2N2CCOCC2)cc1)c1nc2ccccc2[nH]1. The Kier molecular flexibility index (Phi) is 4.95.